The monoisotopic (exact) mass is 196 g/mol. The second kappa shape index (κ2) is 5.13. The van der Waals surface area contributed by atoms with Gasteiger partial charge in [-0.1, -0.05) is 12.8 Å². The number of hydrogen-bond acceptors (Lipinski definition) is 2. The van der Waals surface area contributed by atoms with Gasteiger partial charge in [-0.15, -0.1) is 0 Å². The maximum Gasteiger partial charge on any atom is 0.0195 e. The van der Waals surface area contributed by atoms with E-state index in [1.807, 2.05) is 0 Å². The Hall–Kier alpha value is -0.0800. The molecule has 0 aromatic heterocycles. The van der Waals surface area contributed by atoms with Crippen LogP contribution < -0.4 is 5.32 Å². The third kappa shape index (κ3) is 2.71. The molecule has 82 valence electrons. The van der Waals surface area contributed by atoms with Gasteiger partial charge in [0.15, 0.2) is 0 Å². The van der Waals surface area contributed by atoms with Gasteiger partial charge < -0.3 is 5.32 Å². The van der Waals surface area contributed by atoms with Crippen LogP contribution in [0.5, 0.6) is 0 Å². The van der Waals surface area contributed by atoms with E-state index in [-0.39, 0.29) is 0 Å². The van der Waals surface area contributed by atoms with Crippen molar-refractivity contribution in [2.24, 2.45) is 0 Å². The molecular weight excluding hydrogens is 172 g/mol. The summed E-state index contributed by atoms with van der Waals surface area (Å²) in [7, 11) is 0. The minimum absolute atomic E-state index is 0.782. The summed E-state index contributed by atoms with van der Waals surface area (Å²) in [6, 6.07) is 1.61. The van der Waals surface area contributed by atoms with Crippen LogP contribution >= 0.6 is 0 Å². The third-order valence-electron chi connectivity index (χ3n) is 3.81. The zero-order valence-electron chi connectivity index (χ0n) is 9.47. The minimum atomic E-state index is 0.782. The number of rotatable bonds is 2. The predicted octanol–water partition coefficient (Wildman–Crippen LogP) is 2.00. The van der Waals surface area contributed by atoms with Gasteiger partial charge in [0.25, 0.3) is 0 Å². The van der Waals surface area contributed by atoms with E-state index in [4.69, 9.17) is 0 Å². The van der Waals surface area contributed by atoms with Crippen LogP contribution in [-0.4, -0.2) is 36.6 Å². The van der Waals surface area contributed by atoms with Crippen molar-refractivity contribution in [3.05, 3.63) is 0 Å². The van der Waals surface area contributed by atoms with Crippen molar-refractivity contribution >= 4 is 0 Å². The van der Waals surface area contributed by atoms with Gasteiger partial charge in [-0.25, -0.2) is 0 Å². The molecule has 14 heavy (non-hydrogen) atoms. The molecule has 0 saturated carbocycles. The number of nitrogens with one attached hydrogen (secondary N) is 1. The Morgan fingerprint density at radius 1 is 1.14 bits per heavy atom. The van der Waals surface area contributed by atoms with Gasteiger partial charge in [0.1, 0.15) is 0 Å². The van der Waals surface area contributed by atoms with Crippen LogP contribution in [0.4, 0.5) is 0 Å². The number of piperidine rings is 2. The van der Waals surface area contributed by atoms with E-state index in [0.717, 1.165) is 12.1 Å². The van der Waals surface area contributed by atoms with Crippen molar-refractivity contribution in [3.63, 3.8) is 0 Å². The van der Waals surface area contributed by atoms with Crippen LogP contribution in [0.25, 0.3) is 0 Å². The van der Waals surface area contributed by atoms with Crippen molar-refractivity contribution in [2.75, 3.05) is 19.6 Å². The average Bonchev–Trinajstić information content (AvgIpc) is 2.23. The number of nitrogens with zero attached hydrogens (tertiary/aromatic N) is 1. The topological polar surface area (TPSA) is 15.3 Å². The van der Waals surface area contributed by atoms with Crippen LogP contribution in [0.2, 0.25) is 0 Å². The summed E-state index contributed by atoms with van der Waals surface area (Å²) in [5, 5.41) is 3.65. The predicted molar refractivity (Wildman–Crippen MR) is 60.5 cm³/mol. The minimum Gasteiger partial charge on any atom is -0.313 e. The quantitative estimate of drug-likeness (QED) is 0.727. The molecule has 1 N–H and O–H groups in total. The normalized spacial score (nSPS) is 35.8. The molecule has 0 spiro atoms. The standard InChI is InChI=1S/C12H24N2/c1-11-6-3-5-9-14(11)10-12-7-2-4-8-13-12/h11-13H,2-10H2,1H3/t11-,12+/m1/s1. The highest BCUT2D eigenvalue weighted by molar-refractivity contribution is 4.80. The maximum atomic E-state index is 3.65. The van der Waals surface area contributed by atoms with Crippen LogP contribution in [0.3, 0.4) is 0 Å². The summed E-state index contributed by atoms with van der Waals surface area (Å²) < 4.78 is 0. The zero-order valence-corrected chi connectivity index (χ0v) is 9.47. The van der Waals surface area contributed by atoms with Gasteiger partial charge in [0.05, 0.1) is 0 Å². The van der Waals surface area contributed by atoms with Gasteiger partial charge in [0.2, 0.25) is 0 Å². The molecule has 0 unspecified atom stereocenters. The molecule has 2 rings (SSSR count). The van der Waals surface area contributed by atoms with Crippen LogP contribution in [0.15, 0.2) is 0 Å². The maximum absolute atomic E-state index is 3.65. The number of likely N-dealkylation sites (tertiary alicyclic amines) is 1. The van der Waals surface area contributed by atoms with Crippen molar-refractivity contribution in [3.8, 4) is 0 Å². The summed E-state index contributed by atoms with van der Waals surface area (Å²) in [5.74, 6) is 0. The molecule has 2 aliphatic rings. The van der Waals surface area contributed by atoms with Crippen LogP contribution in [0.1, 0.15) is 45.4 Å². The molecule has 0 aromatic carbocycles. The molecule has 0 radical (unpaired) electrons. The lowest BCUT2D eigenvalue weighted by Crippen LogP contribution is -2.48. The molecule has 2 nitrogen and oxygen atoms in total. The SMILES string of the molecule is C[C@@H]1CCCCN1C[C@@H]1CCCCN1. The fraction of sp³-hybridized carbons (Fsp3) is 1.00. The summed E-state index contributed by atoms with van der Waals surface area (Å²) in [6.07, 6.45) is 8.47. The first-order valence-corrected chi connectivity index (χ1v) is 6.33. The Bertz CT molecular complexity index is 164. The van der Waals surface area contributed by atoms with Gasteiger partial charge in [-0.2, -0.15) is 0 Å². The van der Waals surface area contributed by atoms with E-state index < -0.39 is 0 Å². The first-order valence-electron chi connectivity index (χ1n) is 6.33. The second-order valence-corrected chi connectivity index (χ2v) is 4.99. The molecule has 2 heterocycles. The van der Waals surface area contributed by atoms with E-state index in [1.165, 1.54) is 58.2 Å². The van der Waals surface area contributed by atoms with E-state index >= 15 is 0 Å². The molecule has 0 aromatic rings. The first-order chi connectivity index (χ1) is 6.86. The fourth-order valence-corrected chi connectivity index (χ4v) is 2.79. The molecule has 0 bridgehead atoms. The summed E-state index contributed by atoms with van der Waals surface area (Å²) in [4.78, 5) is 2.69. The van der Waals surface area contributed by atoms with Crippen molar-refractivity contribution in [1.82, 2.24) is 10.2 Å². The highest BCUT2D eigenvalue weighted by atomic mass is 15.2. The molecular formula is C12H24N2. The average molecular weight is 196 g/mol. The Kier molecular flexibility index (Phi) is 3.82. The highest BCUT2D eigenvalue weighted by Gasteiger charge is 2.22. The zero-order chi connectivity index (χ0) is 9.80. The molecule has 2 atom stereocenters. The molecule has 2 heteroatoms. The fourth-order valence-electron chi connectivity index (χ4n) is 2.79. The molecule has 2 fully saturated rings. The van der Waals surface area contributed by atoms with E-state index in [1.54, 1.807) is 0 Å². The largest absolute Gasteiger partial charge is 0.313 e. The smallest absolute Gasteiger partial charge is 0.0195 e. The lowest BCUT2D eigenvalue weighted by Gasteiger charge is -2.37. The Morgan fingerprint density at radius 3 is 2.71 bits per heavy atom. The molecule has 0 aliphatic carbocycles. The van der Waals surface area contributed by atoms with Gasteiger partial charge in [-0.3, -0.25) is 4.90 Å². The number of hydrogen-bond donors (Lipinski definition) is 1. The molecule has 2 aliphatic heterocycles. The van der Waals surface area contributed by atoms with Crippen LogP contribution in [-0.2, 0) is 0 Å². The molecule has 2 saturated heterocycles. The molecule has 0 amide bonds. The van der Waals surface area contributed by atoms with Gasteiger partial charge >= 0.3 is 0 Å². The summed E-state index contributed by atoms with van der Waals surface area (Å²) >= 11 is 0. The van der Waals surface area contributed by atoms with E-state index in [9.17, 15) is 0 Å². The lowest BCUT2D eigenvalue weighted by molar-refractivity contribution is 0.137. The van der Waals surface area contributed by atoms with Gasteiger partial charge in [-0.05, 0) is 45.7 Å². The lowest BCUT2D eigenvalue weighted by atomic mass is 10.00. The van der Waals surface area contributed by atoms with E-state index in [2.05, 4.69) is 17.1 Å². The Morgan fingerprint density at radius 2 is 2.00 bits per heavy atom. The van der Waals surface area contributed by atoms with Gasteiger partial charge in [0, 0.05) is 18.6 Å². The summed E-state index contributed by atoms with van der Waals surface area (Å²) in [5.41, 5.74) is 0. The third-order valence-corrected chi connectivity index (χ3v) is 3.81. The Balaban J connectivity index is 1.76. The Labute approximate surface area is 88.1 Å². The van der Waals surface area contributed by atoms with Crippen LogP contribution in [0, 0.1) is 0 Å². The summed E-state index contributed by atoms with van der Waals surface area (Å²) in [6.45, 7) is 6.26. The van der Waals surface area contributed by atoms with Crippen molar-refractivity contribution < 1.29 is 0 Å². The van der Waals surface area contributed by atoms with Crippen molar-refractivity contribution in [2.45, 2.75) is 57.5 Å². The van der Waals surface area contributed by atoms with Crippen molar-refractivity contribution in [1.29, 1.82) is 0 Å². The first kappa shape index (κ1) is 10.4. The second-order valence-electron chi connectivity index (χ2n) is 4.99. The van der Waals surface area contributed by atoms with E-state index in [0.29, 0.717) is 0 Å². The highest BCUT2D eigenvalue weighted by Crippen LogP contribution is 2.18.